The number of hydrogen-bond donors (Lipinski definition) is 5. The number of halogens is 1. The second kappa shape index (κ2) is 9.15. The van der Waals surface area contributed by atoms with Gasteiger partial charge in [-0.1, -0.05) is 19.3 Å². The van der Waals surface area contributed by atoms with Gasteiger partial charge in [0.2, 0.25) is 5.91 Å². The molecule has 0 radical (unpaired) electrons. The molecule has 7 nitrogen and oxygen atoms in total. The van der Waals surface area contributed by atoms with Crippen LogP contribution in [-0.4, -0.2) is 81.3 Å². The van der Waals surface area contributed by atoms with E-state index in [0.717, 1.165) is 18.9 Å². The van der Waals surface area contributed by atoms with Crippen molar-refractivity contribution in [1.29, 1.82) is 0 Å². The van der Waals surface area contributed by atoms with Crippen LogP contribution >= 0.6 is 23.4 Å². The number of nitrogens with one attached hydrogen (secondary N) is 2. The normalized spacial score (nSPS) is 41.5. The van der Waals surface area contributed by atoms with E-state index in [1.807, 2.05) is 0 Å². The van der Waals surface area contributed by atoms with Crippen LogP contribution in [0.25, 0.3) is 0 Å². The van der Waals surface area contributed by atoms with Gasteiger partial charge in [0, 0.05) is 6.54 Å². The molecule has 3 rings (SSSR count). The van der Waals surface area contributed by atoms with Crippen LogP contribution in [0.5, 0.6) is 0 Å². The van der Waals surface area contributed by atoms with Crippen LogP contribution in [-0.2, 0) is 9.53 Å². The number of aliphatic hydroxyl groups is 3. The molecule has 2 saturated heterocycles. The van der Waals surface area contributed by atoms with Crippen LogP contribution in [0.2, 0.25) is 0 Å². The predicted molar refractivity (Wildman–Crippen MR) is 105 cm³/mol. The van der Waals surface area contributed by atoms with E-state index in [1.54, 1.807) is 13.2 Å². The molecule has 0 aromatic carbocycles. The lowest BCUT2D eigenvalue weighted by Gasteiger charge is -2.45. The fraction of sp³-hybridized carbons (Fsp3) is 0.944. The highest BCUT2D eigenvalue weighted by atomic mass is 35.5. The van der Waals surface area contributed by atoms with Crippen molar-refractivity contribution >= 4 is 29.3 Å². The molecule has 0 aromatic heterocycles. The van der Waals surface area contributed by atoms with E-state index >= 15 is 0 Å². The Balaban J connectivity index is 1.61. The summed E-state index contributed by atoms with van der Waals surface area (Å²) in [5, 5.41) is 36.1. The molecule has 3 aliphatic rings. The van der Waals surface area contributed by atoms with Gasteiger partial charge in [-0.15, -0.1) is 23.4 Å². The predicted octanol–water partition coefficient (Wildman–Crippen LogP) is 0.0473. The molecule has 4 unspecified atom stereocenters. The summed E-state index contributed by atoms with van der Waals surface area (Å²) < 4.78 is 5.78. The van der Waals surface area contributed by atoms with Gasteiger partial charge in [-0.05, 0) is 31.4 Å². The Morgan fingerprint density at radius 1 is 1.26 bits per heavy atom. The zero-order valence-corrected chi connectivity index (χ0v) is 17.3. The molecule has 3 fully saturated rings. The van der Waals surface area contributed by atoms with E-state index < -0.39 is 41.3 Å². The Hall–Kier alpha value is -0.0900. The summed E-state index contributed by atoms with van der Waals surface area (Å²) in [5.41, 5.74) is -0.698. The van der Waals surface area contributed by atoms with Gasteiger partial charge in [-0.25, -0.2) is 0 Å². The Morgan fingerprint density at radius 3 is 2.48 bits per heavy atom. The summed E-state index contributed by atoms with van der Waals surface area (Å²) in [4.78, 5) is 12.8. The Morgan fingerprint density at radius 2 is 1.96 bits per heavy atom. The second-order valence-electron chi connectivity index (χ2n) is 8.06. The third kappa shape index (κ3) is 4.91. The largest absolute Gasteiger partial charge is 0.388 e. The molecule has 0 spiro atoms. The molecule has 1 amide bonds. The summed E-state index contributed by atoms with van der Waals surface area (Å²) in [6.45, 7) is 2.56. The summed E-state index contributed by atoms with van der Waals surface area (Å²) in [6.07, 6.45) is 1.79. The fourth-order valence-electron chi connectivity index (χ4n) is 3.91. The average molecular weight is 423 g/mol. The van der Waals surface area contributed by atoms with Gasteiger partial charge in [0.1, 0.15) is 29.9 Å². The molecule has 156 valence electrons. The van der Waals surface area contributed by atoms with Crippen molar-refractivity contribution in [1.82, 2.24) is 10.6 Å². The van der Waals surface area contributed by atoms with E-state index in [9.17, 15) is 20.1 Å². The molecule has 2 heterocycles. The molecular formula is C18H31ClN2O5S. The summed E-state index contributed by atoms with van der Waals surface area (Å²) in [7, 11) is 0. The first-order valence-corrected chi connectivity index (χ1v) is 11.5. The number of carbonyl (C=O) groups excluding carboxylic acids is 1. The lowest BCUT2D eigenvalue weighted by Crippen LogP contribution is -2.67. The minimum atomic E-state index is -1.36. The number of aliphatic hydroxyl groups excluding tert-OH is 3. The topological polar surface area (TPSA) is 111 Å². The molecule has 2 aliphatic heterocycles. The highest BCUT2D eigenvalue weighted by Gasteiger charge is 2.48. The standard InChI is InChI=1S/C18H31ClN2O5S/c1-8(19)11(16-14(23)13(22)15(24)18(26-16)27-2)21-17(25)12-10(7-20-12)6-5-9-3-4-9/h8-16,18,20,22-24H,3-7H2,1-2H3,(H,21,25)/t8?,10?,11?,12?,13-,14+,15+,16+,18+/m0/s1. The zero-order chi connectivity index (χ0) is 19.7. The molecule has 1 aliphatic carbocycles. The maximum atomic E-state index is 12.8. The van der Waals surface area contributed by atoms with Crippen molar-refractivity contribution in [2.45, 2.75) is 79.9 Å². The van der Waals surface area contributed by atoms with E-state index in [4.69, 9.17) is 16.3 Å². The first kappa shape index (κ1) is 21.6. The number of carbonyl (C=O) groups is 1. The fourth-order valence-corrected chi connectivity index (χ4v) is 4.80. The number of alkyl halides is 1. The number of ether oxygens (including phenoxy) is 1. The summed E-state index contributed by atoms with van der Waals surface area (Å²) in [5.74, 6) is 1.00. The highest BCUT2D eigenvalue weighted by molar-refractivity contribution is 7.99. The van der Waals surface area contributed by atoms with Crippen molar-refractivity contribution in [3.05, 3.63) is 0 Å². The third-order valence-corrected chi connectivity index (χ3v) is 7.12. The average Bonchev–Trinajstić information content (AvgIpc) is 3.42. The number of amides is 1. The van der Waals surface area contributed by atoms with Crippen molar-refractivity contribution in [2.24, 2.45) is 11.8 Å². The van der Waals surface area contributed by atoms with Crippen LogP contribution < -0.4 is 10.6 Å². The zero-order valence-electron chi connectivity index (χ0n) is 15.8. The summed E-state index contributed by atoms with van der Waals surface area (Å²) >= 11 is 7.54. The van der Waals surface area contributed by atoms with Crippen LogP contribution in [0.1, 0.15) is 32.6 Å². The first-order chi connectivity index (χ1) is 12.8. The highest BCUT2D eigenvalue weighted by Crippen LogP contribution is 2.36. The molecule has 5 N–H and O–H groups in total. The maximum absolute atomic E-state index is 12.8. The summed E-state index contributed by atoms with van der Waals surface area (Å²) in [6, 6.07) is -0.938. The second-order valence-corrected chi connectivity index (χ2v) is 9.68. The van der Waals surface area contributed by atoms with E-state index in [1.165, 1.54) is 31.0 Å². The molecule has 0 aromatic rings. The number of thioether (sulfide) groups is 1. The number of rotatable bonds is 8. The van der Waals surface area contributed by atoms with Gasteiger partial charge in [0.15, 0.2) is 0 Å². The first-order valence-electron chi connectivity index (χ1n) is 9.73. The lowest BCUT2D eigenvalue weighted by molar-refractivity contribution is -0.205. The van der Waals surface area contributed by atoms with Crippen LogP contribution in [0, 0.1) is 11.8 Å². The Kier molecular flexibility index (Phi) is 7.33. The SMILES string of the molecule is CS[C@H]1O[C@H](C(NC(=O)C2NCC2CCC2CC2)C(C)Cl)[C@H](O)[C@H](O)[C@H]1O. The molecule has 27 heavy (non-hydrogen) atoms. The van der Waals surface area contributed by atoms with Crippen molar-refractivity contribution in [3.8, 4) is 0 Å². The molecule has 9 atom stereocenters. The quantitative estimate of drug-likeness (QED) is 0.351. The maximum Gasteiger partial charge on any atom is 0.237 e. The smallest absolute Gasteiger partial charge is 0.237 e. The van der Waals surface area contributed by atoms with Gasteiger partial charge >= 0.3 is 0 Å². The van der Waals surface area contributed by atoms with Gasteiger partial charge in [-0.3, -0.25) is 4.79 Å². The van der Waals surface area contributed by atoms with Crippen molar-refractivity contribution in [3.63, 3.8) is 0 Å². The van der Waals surface area contributed by atoms with Crippen LogP contribution in [0.3, 0.4) is 0 Å². The molecule has 1 saturated carbocycles. The van der Waals surface area contributed by atoms with Gasteiger partial charge < -0.3 is 30.7 Å². The molecular weight excluding hydrogens is 392 g/mol. The third-order valence-electron chi connectivity index (χ3n) is 5.99. The van der Waals surface area contributed by atoms with Crippen LogP contribution in [0.4, 0.5) is 0 Å². The van der Waals surface area contributed by atoms with Crippen molar-refractivity contribution < 1.29 is 24.9 Å². The minimum absolute atomic E-state index is 0.156. The van der Waals surface area contributed by atoms with E-state index in [-0.39, 0.29) is 11.9 Å². The van der Waals surface area contributed by atoms with Crippen molar-refractivity contribution in [2.75, 3.05) is 12.8 Å². The van der Waals surface area contributed by atoms with Gasteiger partial charge in [-0.2, -0.15) is 0 Å². The van der Waals surface area contributed by atoms with Gasteiger partial charge in [0.05, 0.1) is 17.5 Å². The Labute approximate surface area is 169 Å². The Bertz CT molecular complexity index is 522. The van der Waals surface area contributed by atoms with Gasteiger partial charge in [0.25, 0.3) is 0 Å². The minimum Gasteiger partial charge on any atom is -0.388 e. The number of hydrogen-bond acceptors (Lipinski definition) is 7. The van der Waals surface area contributed by atoms with Crippen LogP contribution in [0.15, 0.2) is 0 Å². The molecule has 0 bridgehead atoms. The van der Waals surface area contributed by atoms with E-state index in [2.05, 4.69) is 10.6 Å². The van der Waals surface area contributed by atoms with E-state index in [0.29, 0.717) is 5.92 Å². The monoisotopic (exact) mass is 422 g/mol. The molecule has 9 heteroatoms. The lowest BCUT2D eigenvalue weighted by atomic mass is 9.85.